The first-order chi connectivity index (χ1) is 12.3. The molecule has 1 aromatic carbocycles. The zero-order chi connectivity index (χ0) is 19.0. The van der Waals surface area contributed by atoms with Gasteiger partial charge in [-0.2, -0.15) is 5.26 Å². The summed E-state index contributed by atoms with van der Waals surface area (Å²) in [5, 5.41) is 11.6. The quantitative estimate of drug-likeness (QED) is 0.663. The Hall–Kier alpha value is -3.73. The van der Waals surface area contributed by atoms with Gasteiger partial charge in [-0.3, -0.25) is 29.4 Å². The Labute approximate surface area is 148 Å². The molecular formula is C18H13N3O5. The first-order valence-corrected chi connectivity index (χ1v) is 7.64. The maximum absolute atomic E-state index is 12.3. The Bertz CT molecular complexity index is 977. The fraction of sp³-hybridized carbons (Fsp3) is 0.167. The average Bonchev–Trinajstić information content (AvgIpc) is 3.04. The highest BCUT2D eigenvalue weighted by molar-refractivity contribution is 6.22. The highest BCUT2D eigenvalue weighted by atomic mass is 16.4. The van der Waals surface area contributed by atoms with Crippen molar-refractivity contribution < 1.29 is 23.6 Å². The first-order valence-electron chi connectivity index (χ1n) is 7.64. The van der Waals surface area contributed by atoms with Crippen LogP contribution in [0.3, 0.4) is 0 Å². The number of hydrogen-bond acceptors (Lipinski definition) is 6. The van der Waals surface area contributed by atoms with Gasteiger partial charge in [0.15, 0.2) is 5.78 Å². The number of benzene rings is 1. The number of Topliss-reactive ketones (excluding diaryl/α,β-unsaturated/α-hetero) is 1. The summed E-state index contributed by atoms with van der Waals surface area (Å²) in [6, 6.07) is 8.09. The molecule has 1 N–H and O–H groups in total. The van der Waals surface area contributed by atoms with E-state index in [-0.39, 0.29) is 39.7 Å². The zero-order valence-electron chi connectivity index (χ0n) is 14.0. The summed E-state index contributed by atoms with van der Waals surface area (Å²) in [4.78, 5) is 49.2. The topological polar surface area (TPSA) is 120 Å². The first kappa shape index (κ1) is 17.1. The molecular weight excluding hydrogens is 338 g/mol. The molecule has 0 radical (unpaired) electrons. The van der Waals surface area contributed by atoms with E-state index < -0.39 is 24.3 Å². The fourth-order valence-corrected chi connectivity index (χ4v) is 2.86. The fourth-order valence-electron chi connectivity index (χ4n) is 2.86. The van der Waals surface area contributed by atoms with Crippen LogP contribution >= 0.6 is 0 Å². The van der Waals surface area contributed by atoms with E-state index in [1.807, 2.05) is 6.07 Å². The second-order valence-electron chi connectivity index (χ2n) is 5.70. The van der Waals surface area contributed by atoms with Crippen LogP contribution in [-0.2, 0) is 4.79 Å². The van der Waals surface area contributed by atoms with Crippen LogP contribution in [0, 0.1) is 18.3 Å². The molecule has 0 saturated heterocycles. The lowest BCUT2D eigenvalue weighted by molar-refractivity contribution is -0.116. The van der Waals surface area contributed by atoms with E-state index >= 15 is 0 Å². The van der Waals surface area contributed by atoms with Crippen LogP contribution in [0.15, 0.2) is 28.7 Å². The van der Waals surface area contributed by atoms with Gasteiger partial charge in [0.1, 0.15) is 23.9 Å². The Morgan fingerprint density at radius 2 is 1.77 bits per heavy atom. The normalized spacial score (nSPS) is 12.7. The lowest BCUT2D eigenvalue weighted by Crippen LogP contribution is -2.37. The summed E-state index contributed by atoms with van der Waals surface area (Å²) in [6.07, 6.45) is 0. The number of nitrogens with one attached hydrogen (secondary N) is 1. The van der Waals surface area contributed by atoms with Gasteiger partial charge in [0.2, 0.25) is 11.8 Å². The Morgan fingerprint density at radius 1 is 1.19 bits per heavy atom. The summed E-state index contributed by atoms with van der Waals surface area (Å²) >= 11 is 0. The highest BCUT2D eigenvalue weighted by Gasteiger charge is 2.36. The summed E-state index contributed by atoms with van der Waals surface area (Å²) in [5.41, 5.74) is 0.459. The van der Waals surface area contributed by atoms with Crippen LogP contribution in [0.2, 0.25) is 0 Å². The number of nitrogens with zero attached hydrogens (tertiary/aromatic N) is 2. The number of furan rings is 1. The van der Waals surface area contributed by atoms with Crippen molar-refractivity contribution in [2.75, 3.05) is 11.9 Å². The Kier molecular flexibility index (Phi) is 4.14. The molecule has 130 valence electrons. The number of anilines is 1. The van der Waals surface area contributed by atoms with Gasteiger partial charge in [0.05, 0.1) is 16.7 Å². The SMILES string of the molecule is CC(=O)c1c(C)oc(NC(=O)CN2C(=O)c3ccccc3C2=O)c1C#N. The molecule has 1 aromatic heterocycles. The minimum atomic E-state index is -0.722. The number of amides is 3. The van der Waals surface area contributed by atoms with Gasteiger partial charge in [-0.05, 0) is 26.0 Å². The molecule has 0 unspecified atom stereocenters. The van der Waals surface area contributed by atoms with E-state index in [2.05, 4.69) is 5.32 Å². The molecule has 0 bridgehead atoms. The van der Waals surface area contributed by atoms with Gasteiger partial charge in [-0.15, -0.1) is 0 Å². The van der Waals surface area contributed by atoms with Crippen molar-refractivity contribution >= 4 is 29.4 Å². The van der Waals surface area contributed by atoms with Crippen molar-refractivity contribution in [2.24, 2.45) is 0 Å². The van der Waals surface area contributed by atoms with Crippen molar-refractivity contribution in [3.8, 4) is 6.07 Å². The third-order valence-corrected chi connectivity index (χ3v) is 3.98. The Morgan fingerprint density at radius 3 is 2.27 bits per heavy atom. The van der Waals surface area contributed by atoms with Crippen molar-refractivity contribution in [3.63, 3.8) is 0 Å². The maximum atomic E-state index is 12.3. The van der Waals surface area contributed by atoms with Gasteiger partial charge < -0.3 is 4.42 Å². The van der Waals surface area contributed by atoms with Crippen molar-refractivity contribution in [2.45, 2.75) is 13.8 Å². The predicted octanol–water partition coefficient (Wildman–Crippen LogP) is 1.90. The number of ketones is 1. The number of aryl methyl sites for hydroxylation is 1. The van der Waals surface area contributed by atoms with Crippen LogP contribution in [0.4, 0.5) is 5.88 Å². The molecule has 3 rings (SSSR count). The molecule has 0 spiro atoms. The van der Waals surface area contributed by atoms with Crippen molar-refractivity contribution in [1.29, 1.82) is 5.26 Å². The van der Waals surface area contributed by atoms with Crippen molar-refractivity contribution in [3.05, 3.63) is 52.3 Å². The minimum absolute atomic E-state index is 0.0866. The summed E-state index contributed by atoms with van der Waals surface area (Å²) in [5.74, 6) is -2.21. The van der Waals surface area contributed by atoms with Gasteiger partial charge in [-0.25, -0.2) is 0 Å². The van der Waals surface area contributed by atoms with Crippen LogP contribution in [-0.4, -0.2) is 34.9 Å². The molecule has 26 heavy (non-hydrogen) atoms. The smallest absolute Gasteiger partial charge is 0.262 e. The van der Waals surface area contributed by atoms with Crippen LogP contribution < -0.4 is 5.32 Å². The molecule has 0 fully saturated rings. The average molecular weight is 351 g/mol. The molecule has 1 aliphatic rings. The molecule has 3 amide bonds. The van der Waals surface area contributed by atoms with Crippen LogP contribution in [0.25, 0.3) is 0 Å². The van der Waals surface area contributed by atoms with E-state index in [0.717, 1.165) is 4.90 Å². The van der Waals surface area contributed by atoms with E-state index in [9.17, 15) is 24.4 Å². The molecule has 1 aliphatic heterocycles. The van der Waals surface area contributed by atoms with E-state index in [0.29, 0.717) is 0 Å². The van der Waals surface area contributed by atoms with E-state index in [4.69, 9.17) is 4.42 Å². The molecule has 2 heterocycles. The monoisotopic (exact) mass is 351 g/mol. The number of rotatable bonds is 4. The van der Waals surface area contributed by atoms with Crippen molar-refractivity contribution in [1.82, 2.24) is 4.90 Å². The molecule has 8 nitrogen and oxygen atoms in total. The number of fused-ring (bicyclic) bond motifs is 1. The standard InChI is InChI=1S/C18H13N3O5/c1-9(22)15-10(2)26-16(13(15)7-19)20-14(23)8-21-17(24)11-5-3-4-6-12(11)18(21)25/h3-6H,8H2,1-2H3,(H,20,23). The number of imide groups is 1. The third-order valence-electron chi connectivity index (χ3n) is 3.98. The summed E-state index contributed by atoms with van der Waals surface area (Å²) in [7, 11) is 0. The van der Waals surface area contributed by atoms with E-state index in [1.165, 1.54) is 26.0 Å². The van der Waals surface area contributed by atoms with Gasteiger partial charge in [-0.1, -0.05) is 12.1 Å². The molecule has 0 saturated carbocycles. The van der Waals surface area contributed by atoms with Gasteiger partial charge in [0.25, 0.3) is 11.8 Å². The molecule has 2 aromatic rings. The molecule has 0 aliphatic carbocycles. The molecule has 0 atom stereocenters. The maximum Gasteiger partial charge on any atom is 0.262 e. The van der Waals surface area contributed by atoms with Crippen LogP contribution in [0.5, 0.6) is 0 Å². The highest BCUT2D eigenvalue weighted by Crippen LogP contribution is 2.27. The largest absolute Gasteiger partial charge is 0.443 e. The summed E-state index contributed by atoms with van der Waals surface area (Å²) in [6.45, 7) is 2.24. The van der Waals surface area contributed by atoms with E-state index in [1.54, 1.807) is 12.1 Å². The minimum Gasteiger partial charge on any atom is -0.443 e. The zero-order valence-corrected chi connectivity index (χ0v) is 14.0. The Balaban J connectivity index is 1.80. The number of hydrogen-bond donors (Lipinski definition) is 1. The lowest BCUT2D eigenvalue weighted by atomic mass is 10.1. The van der Waals surface area contributed by atoms with Crippen LogP contribution in [0.1, 0.15) is 49.3 Å². The van der Waals surface area contributed by atoms with Gasteiger partial charge >= 0.3 is 0 Å². The predicted molar refractivity (Wildman–Crippen MR) is 88.6 cm³/mol. The third kappa shape index (κ3) is 2.65. The number of nitriles is 1. The van der Waals surface area contributed by atoms with Gasteiger partial charge in [0, 0.05) is 0 Å². The second kappa shape index (κ2) is 6.29. The second-order valence-corrected chi connectivity index (χ2v) is 5.70. The lowest BCUT2D eigenvalue weighted by Gasteiger charge is -2.12. The number of carbonyl (C=O) groups is 4. The summed E-state index contributed by atoms with van der Waals surface area (Å²) < 4.78 is 5.28. The number of carbonyl (C=O) groups excluding carboxylic acids is 4. The molecule has 8 heteroatoms.